The minimum atomic E-state index is -0.531. The second-order valence-corrected chi connectivity index (χ2v) is 8.22. The van der Waals surface area contributed by atoms with Crippen LogP contribution in [0.25, 0.3) is 0 Å². The third-order valence-electron chi connectivity index (χ3n) is 5.99. The zero-order valence-corrected chi connectivity index (χ0v) is 16.3. The molecule has 5 heteroatoms. The lowest BCUT2D eigenvalue weighted by Crippen LogP contribution is -2.39. The fraction of sp³-hybridized carbons (Fsp3) is 0.524. The first-order valence-electron chi connectivity index (χ1n) is 9.21. The maximum absolute atomic E-state index is 13.3. The van der Waals surface area contributed by atoms with Gasteiger partial charge < -0.3 is 4.90 Å². The number of aromatic amines is 1. The highest BCUT2D eigenvalue weighted by atomic mass is 19.1. The van der Waals surface area contributed by atoms with Crippen LogP contribution in [0.15, 0.2) is 24.3 Å². The molecule has 0 spiro atoms. The Morgan fingerprint density at radius 2 is 1.88 bits per heavy atom. The van der Waals surface area contributed by atoms with Crippen molar-refractivity contribution in [2.24, 2.45) is 5.41 Å². The quantitative estimate of drug-likeness (QED) is 0.852. The molecule has 1 fully saturated rings. The number of H-pyrrole nitrogens is 1. The lowest BCUT2D eigenvalue weighted by atomic mass is 9.86. The molecule has 1 aromatic heterocycles. The fourth-order valence-electron chi connectivity index (χ4n) is 4.20. The van der Waals surface area contributed by atoms with Crippen LogP contribution >= 0.6 is 0 Å². The number of aromatic nitrogens is 2. The summed E-state index contributed by atoms with van der Waals surface area (Å²) < 4.78 is 13.3. The van der Waals surface area contributed by atoms with Gasteiger partial charge in [0.05, 0.1) is 11.1 Å². The van der Waals surface area contributed by atoms with Crippen LogP contribution in [0.1, 0.15) is 49.2 Å². The normalized spacial score (nSPS) is 20.8. The van der Waals surface area contributed by atoms with Crippen LogP contribution in [-0.2, 0) is 16.6 Å². The third kappa shape index (κ3) is 3.04. The van der Waals surface area contributed by atoms with Crippen molar-refractivity contribution in [3.05, 3.63) is 52.6 Å². The number of carbonyl (C=O) groups excluding carboxylic acids is 1. The molecule has 1 atom stereocenters. The Balaban J connectivity index is 1.69. The van der Waals surface area contributed by atoms with Crippen molar-refractivity contribution in [2.45, 2.75) is 52.4 Å². The average molecular weight is 357 g/mol. The number of benzene rings is 1. The van der Waals surface area contributed by atoms with Crippen molar-refractivity contribution >= 4 is 5.91 Å². The molecule has 1 aliphatic rings. The topological polar surface area (TPSA) is 49.0 Å². The van der Waals surface area contributed by atoms with Crippen molar-refractivity contribution in [3.8, 4) is 0 Å². The van der Waals surface area contributed by atoms with E-state index in [0.29, 0.717) is 6.54 Å². The Bertz CT molecular complexity index is 790. The van der Waals surface area contributed by atoms with Gasteiger partial charge in [0, 0.05) is 19.3 Å². The summed E-state index contributed by atoms with van der Waals surface area (Å²) in [5, 5.41) is 7.24. The van der Waals surface area contributed by atoms with Gasteiger partial charge in [0.25, 0.3) is 0 Å². The molecule has 1 aromatic carbocycles. The number of rotatable bonds is 6. The summed E-state index contributed by atoms with van der Waals surface area (Å²) in [5.74, 6) is -0.135. The number of aryl methyl sites for hydroxylation is 2. The summed E-state index contributed by atoms with van der Waals surface area (Å²) in [4.78, 5) is 15.1. The molecule has 0 saturated heterocycles. The Labute approximate surface area is 154 Å². The maximum Gasteiger partial charge on any atom is 0.233 e. The minimum Gasteiger partial charge on any atom is -0.345 e. The smallest absolute Gasteiger partial charge is 0.233 e. The predicted octanol–water partition coefficient (Wildman–Crippen LogP) is 3.92. The van der Waals surface area contributed by atoms with Crippen LogP contribution < -0.4 is 0 Å². The molecule has 140 valence electrons. The number of nitrogens with zero attached hydrogens (tertiary/aromatic N) is 2. The molecule has 0 radical (unpaired) electrons. The summed E-state index contributed by atoms with van der Waals surface area (Å²) in [6.07, 6.45) is 2.59. The van der Waals surface area contributed by atoms with E-state index in [2.05, 4.69) is 24.0 Å². The molecule has 2 aromatic rings. The van der Waals surface area contributed by atoms with E-state index in [9.17, 15) is 9.18 Å². The molecule has 1 N–H and O–H groups in total. The summed E-state index contributed by atoms with van der Waals surface area (Å²) in [6, 6.07) is 6.41. The summed E-state index contributed by atoms with van der Waals surface area (Å²) >= 11 is 0. The van der Waals surface area contributed by atoms with E-state index in [1.54, 1.807) is 12.1 Å². The second-order valence-electron chi connectivity index (χ2n) is 8.22. The summed E-state index contributed by atoms with van der Waals surface area (Å²) in [7, 11) is 1.87. The van der Waals surface area contributed by atoms with Crippen LogP contribution in [0.4, 0.5) is 4.39 Å². The molecule has 4 nitrogen and oxygen atoms in total. The Morgan fingerprint density at radius 1 is 1.27 bits per heavy atom. The van der Waals surface area contributed by atoms with E-state index in [0.717, 1.165) is 36.2 Å². The van der Waals surface area contributed by atoms with Gasteiger partial charge in [-0.2, -0.15) is 5.10 Å². The SMILES string of the molecule is Cc1n[nH]c(C)c1CCCN(C)C(=O)C1(c2ccc(F)cc2)CC1(C)C. The minimum absolute atomic E-state index is 0.103. The van der Waals surface area contributed by atoms with Crippen LogP contribution in [0, 0.1) is 25.1 Å². The third-order valence-corrected chi connectivity index (χ3v) is 5.99. The number of hydrogen-bond acceptors (Lipinski definition) is 2. The molecule has 1 heterocycles. The second kappa shape index (κ2) is 6.53. The van der Waals surface area contributed by atoms with Gasteiger partial charge in [0.15, 0.2) is 0 Å². The highest BCUT2D eigenvalue weighted by Gasteiger charge is 2.67. The van der Waals surface area contributed by atoms with E-state index in [-0.39, 0.29) is 17.1 Å². The van der Waals surface area contributed by atoms with Gasteiger partial charge in [-0.1, -0.05) is 26.0 Å². The molecule has 1 aliphatic carbocycles. The first kappa shape index (κ1) is 18.6. The van der Waals surface area contributed by atoms with Gasteiger partial charge in [-0.05, 0) is 61.8 Å². The largest absolute Gasteiger partial charge is 0.345 e. The van der Waals surface area contributed by atoms with Crippen molar-refractivity contribution in [2.75, 3.05) is 13.6 Å². The van der Waals surface area contributed by atoms with E-state index in [1.165, 1.54) is 17.7 Å². The maximum atomic E-state index is 13.3. The van der Waals surface area contributed by atoms with Crippen molar-refractivity contribution in [3.63, 3.8) is 0 Å². The van der Waals surface area contributed by atoms with Gasteiger partial charge in [0.2, 0.25) is 5.91 Å². The Kier molecular flexibility index (Phi) is 4.67. The monoisotopic (exact) mass is 357 g/mol. The summed E-state index contributed by atoms with van der Waals surface area (Å²) in [5.41, 5.74) is 3.66. The number of nitrogens with one attached hydrogen (secondary N) is 1. The number of hydrogen-bond donors (Lipinski definition) is 1. The van der Waals surface area contributed by atoms with Crippen LogP contribution in [-0.4, -0.2) is 34.6 Å². The van der Waals surface area contributed by atoms with E-state index in [4.69, 9.17) is 0 Å². The van der Waals surface area contributed by atoms with Gasteiger partial charge in [0.1, 0.15) is 5.82 Å². The molecule has 1 unspecified atom stereocenters. The van der Waals surface area contributed by atoms with E-state index < -0.39 is 5.41 Å². The number of carbonyl (C=O) groups is 1. The molecular weight excluding hydrogens is 329 g/mol. The van der Waals surface area contributed by atoms with Gasteiger partial charge in [-0.3, -0.25) is 9.89 Å². The zero-order chi connectivity index (χ0) is 19.1. The molecule has 1 saturated carbocycles. The van der Waals surface area contributed by atoms with E-state index >= 15 is 0 Å². The van der Waals surface area contributed by atoms with Crippen LogP contribution in [0.5, 0.6) is 0 Å². The molecule has 1 amide bonds. The first-order valence-corrected chi connectivity index (χ1v) is 9.21. The zero-order valence-electron chi connectivity index (χ0n) is 16.3. The van der Waals surface area contributed by atoms with Crippen molar-refractivity contribution in [1.29, 1.82) is 0 Å². The highest BCUT2D eigenvalue weighted by molar-refractivity contribution is 5.93. The number of likely N-dealkylation sites (N-methyl/N-ethyl adjacent to an activating group) is 1. The van der Waals surface area contributed by atoms with Crippen molar-refractivity contribution in [1.82, 2.24) is 15.1 Å². The molecule has 0 bridgehead atoms. The number of halogens is 1. The molecule has 26 heavy (non-hydrogen) atoms. The molecular formula is C21H28FN3O. The Morgan fingerprint density at radius 3 is 2.38 bits per heavy atom. The number of amides is 1. The van der Waals surface area contributed by atoms with Crippen molar-refractivity contribution < 1.29 is 9.18 Å². The highest BCUT2D eigenvalue weighted by Crippen LogP contribution is 2.65. The van der Waals surface area contributed by atoms with Gasteiger partial charge in [-0.25, -0.2) is 4.39 Å². The standard InChI is InChI=1S/C21H28FN3O/c1-14-18(15(2)24-23-14)7-6-12-25(5)19(26)21(13-20(21,3)4)16-8-10-17(22)11-9-16/h8-11H,6-7,12-13H2,1-5H3,(H,23,24). The lowest BCUT2D eigenvalue weighted by Gasteiger charge is -2.27. The van der Waals surface area contributed by atoms with Gasteiger partial charge in [-0.15, -0.1) is 0 Å². The fourth-order valence-corrected chi connectivity index (χ4v) is 4.20. The lowest BCUT2D eigenvalue weighted by molar-refractivity contribution is -0.133. The molecule has 0 aliphatic heterocycles. The molecule has 3 rings (SSSR count). The van der Waals surface area contributed by atoms with E-state index in [1.807, 2.05) is 25.8 Å². The van der Waals surface area contributed by atoms with Gasteiger partial charge >= 0.3 is 0 Å². The van der Waals surface area contributed by atoms with Crippen LogP contribution in [0.3, 0.4) is 0 Å². The predicted molar refractivity (Wildman–Crippen MR) is 100 cm³/mol. The summed E-state index contributed by atoms with van der Waals surface area (Å²) in [6.45, 7) is 8.95. The van der Waals surface area contributed by atoms with Crippen LogP contribution in [0.2, 0.25) is 0 Å². The first-order chi connectivity index (χ1) is 12.2. The Hall–Kier alpha value is -2.17. The average Bonchev–Trinajstić information content (AvgIpc) is 3.05.